The van der Waals surface area contributed by atoms with Crippen LogP contribution in [0.4, 0.5) is 45.5 Å². The topological polar surface area (TPSA) is 14.7 Å². The molecule has 12 rings (SSSR count). The Morgan fingerprint density at radius 3 is 1.40 bits per heavy atom. The summed E-state index contributed by atoms with van der Waals surface area (Å²) in [5.41, 5.74) is 18.5. The number of nitrogens with zero attached hydrogens (tertiary/aromatic N) is 4. The second-order valence-corrected chi connectivity index (χ2v) is 18.7. The second-order valence-electron chi connectivity index (χ2n) is 18.7. The predicted octanol–water partition coefficient (Wildman–Crippen LogP) is 14.3. The summed E-state index contributed by atoms with van der Waals surface area (Å²) in [6.07, 6.45) is 4.76. The Bertz CT molecular complexity index is 3400. The molecule has 0 aliphatic carbocycles. The molecule has 0 radical (unpaired) electrons. The van der Waals surface area contributed by atoms with Crippen LogP contribution in [0.1, 0.15) is 55.5 Å². The fourth-order valence-electron chi connectivity index (χ4n) is 11.1. The van der Waals surface area contributed by atoms with E-state index in [0.717, 1.165) is 50.4 Å². The highest BCUT2D eigenvalue weighted by Gasteiger charge is 2.38. The monoisotopic (exact) mass is 838 g/mol. The van der Waals surface area contributed by atoms with Crippen molar-refractivity contribution in [3.63, 3.8) is 0 Å². The van der Waals surface area contributed by atoms with Crippen LogP contribution in [0, 0.1) is 0 Å². The summed E-state index contributed by atoms with van der Waals surface area (Å²) in [6.45, 7) is 15.0. The first-order valence-electron chi connectivity index (χ1n) is 22.8. The molecule has 3 aliphatic rings. The number of anilines is 8. The third-order valence-electron chi connectivity index (χ3n) is 14.3. The summed E-state index contributed by atoms with van der Waals surface area (Å²) in [5, 5.41) is 3.48. The molecule has 3 aliphatic heterocycles. The highest BCUT2D eigenvalue weighted by Crippen LogP contribution is 2.54. The molecule has 4 nitrogen and oxygen atoms in total. The maximum Gasteiger partial charge on any atom is 0.0544 e. The van der Waals surface area contributed by atoms with Crippen molar-refractivity contribution >= 4 is 74.1 Å². The van der Waals surface area contributed by atoms with Gasteiger partial charge in [0.15, 0.2) is 0 Å². The smallest absolute Gasteiger partial charge is 0.0544 e. The average Bonchev–Trinajstić information content (AvgIpc) is 3.66. The lowest BCUT2D eigenvalue weighted by atomic mass is 9.73. The minimum atomic E-state index is -0.152. The molecule has 65 heavy (non-hydrogen) atoms. The van der Waals surface area contributed by atoms with Crippen molar-refractivity contribution in [2.24, 2.45) is 0 Å². The maximum atomic E-state index is 4.95. The minimum Gasteiger partial charge on any atom is -0.337 e. The SMILES string of the molecule is C=C1C=c2c(c3cc(N4c5ccccc5C(C)(C)c5ccccc54)ccc3n2-c2ccccc2)=CCN(c2ccccc2)c2ccc(N3c4ccccc4C(C)(C)c4ccccc43)cc21. The number of fused-ring (bicyclic) bond motifs is 8. The Morgan fingerprint density at radius 1 is 0.431 bits per heavy atom. The van der Waals surface area contributed by atoms with Crippen LogP contribution in [0.3, 0.4) is 0 Å². The Balaban J connectivity index is 1.11. The molecule has 8 aromatic carbocycles. The summed E-state index contributed by atoms with van der Waals surface area (Å²) in [6, 6.07) is 71.1. The van der Waals surface area contributed by atoms with E-state index in [2.05, 4.69) is 253 Å². The average molecular weight is 839 g/mol. The number of hydrogen-bond donors (Lipinski definition) is 0. The van der Waals surface area contributed by atoms with Crippen molar-refractivity contribution in [3.8, 4) is 5.69 Å². The van der Waals surface area contributed by atoms with Gasteiger partial charge in [-0.25, -0.2) is 0 Å². The largest absolute Gasteiger partial charge is 0.337 e. The van der Waals surface area contributed by atoms with Gasteiger partial charge in [0.25, 0.3) is 0 Å². The minimum absolute atomic E-state index is 0.145. The van der Waals surface area contributed by atoms with Gasteiger partial charge in [-0.2, -0.15) is 0 Å². The van der Waals surface area contributed by atoms with Crippen molar-refractivity contribution in [1.29, 1.82) is 0 Å². The predicted molar refractivity (Wildman–Crippen MR) is 274 cm³/mol. The zero-order valence-corrected chi connectivity index (χ0v) is 37.3. The number of aromatic nitrogens is 1. The Kier molecular flexibility index (Phi) is 8.73. The van der Waals surface area contributed by atoms with Gasteiger partial charge in [-0.3, -0.25) is 0 Å². The number of rotatable bonds is 4. The van der Waals surface area contributed by atoms with E-state index in [9.17, 15) is 0 Å². The summed E-state index contributed by atoms with van der Waals surface area (Å²) < 4.78 is 2.43. The number of para-hydroxylation sites is 6. The van der Waals surface area contributed by atoms with Crippen LogP contribution in [-0.2, 0) is 10.8 Å². The van der Waals surface area contributed by atoms with E-state index in [1.807, 2.05) is 0 Å². The highest BCUT2D eigenvalue weighted by atomic mass is 15.2. The van der Waals surface area contributed by atoms with E-state index in [4.69, 9.17) is 6.58 Å². The first kappa shape index (κ1) is 38.8. The highest BCUT2D eigenvalue weighted by molar-refractivity contribution is 5.99. The van der Waals surface area contributed by atoms with Gasteiger partial charge in [-0.15, -0.1) is 0 Å². The van der Waals surface area contributed by atoms with Crippen LogP contribution in [0.5, 0.6) is 0 Å². The van der Waals surface area contributed by atoms with E-state index >= 15 is 0 Å². The lowest BCUT2D eigenvalue weighted by molar-refractivity contribution is 0.632. The summed E-state index contributed by atoms with van der Waals surface area (Å²) in [4.78, 5) is 7.36. The quantitative estimate of drug-likeness (QED) is 0.175. The lowest BCUT2D eigenvalue weighted by Gasteiger charge is -2.42. The Labute approximate surface area is 381 Å². The van der Waals surface area contributed by atoms with Crippen LogP contribution in [0.2, 0.25) is 0 Å². The van der Waals surface area contributed by atoms with E-state index in [-0.39, 0.29) is 10.8 Å². The molecule has 0 fully saturated rings. The fraction of sp³-hybridized carbons (Fsp3) is 0.115. The van der Waals surface area contributed by atoms with Crippen molar-refractivity contribution < 1.29 is 0 Å². The fourth-order valence-corrected chi connectivity index (χ4v) is 11.1. The van der Waals surface area contributed by atoms with Gasteiger partial charge in [0, 0.05) is 62.0 Å². The molecule has 0 amide bonds. The van der Waals surface area contributed by atoms with Gasteiger partial charge in [-0.1, -0.05) is 150 Å². The van der Waals surface area contributed by atoms with Crippen LogP contribution in [0.15, 0.2) is 201 Å². The molecule has 0 unspecified atom stereocenters. The zero-order valence-electron chi connectivity index (χ0n) is 37.3. The Morgan fingerprint density at radius 2 is 0.877 bits per heavy atom. The molecule has 0 saturated carbocycles. The molecule has 314 valence electrons. The van der Waals surface area contributed by atoms with Crippen molar-refractivity contribution in [2.75, 3.05) is 21.2 Å². The molecule has 0 spiro atoms. The molecule has 0 N–H and O–H groups in total. The van der Waals surface area contributed by atoms with E-state index in [0.29, 0.717) is 6.54 Å². The molecule has 0 atom stereocenters. The first-order valence-corrected chi connectivity index (χ1v) is 22.8. The Hall–Kier alpha value is -7.82. The van der Waals surface area contributed by atoms with E-state index in [1.165, 1.54) is 55.6 Å². The summed E-state index contributed by atoms with van der Waals surface area (Å²) in [7, 11) is 0. The summed E-state index contributed by atoms with van der Waals surface area (Å²) in [5.74, 6) is 0. The second kappa shape index (κ2) is 14.6. The van der Waals surface area contributed by atoms with Gasteiger partial charge in [0.2, 0.25) is 0 Å². The van der Waals surface area contributed by atoms with Gasteiger partial charge >= 0.3 is 0 Å². The first-order chi connectivity index (χ1) is 31.7. The van der Waals surface area contributed by atoms with Crippen LogP contribution >= 0.6 is 0 Å². The third kappa shape index (κ3) is 5.90. The van der Waals surface area contributed by atoms with Crippen LogP contribution in [-0.4, -0.2) is 11.1 Å². The van der Waals surface area contributed by atoms with Crippen molar-refractivity contribution in [2.45, 2.75) is 38.5 Å². The van der Waals surface area contributed by atoms with Crippen molar-refractivity contribution in [1.82, 2.24) is 4.57 Å². The molecule has 9 aromatic rings. The lowest BCUT2D eigenvalue weighted by Crippen LogP contribution is -2.30. The molecule has 4 heteroatoms. The van der Waals surface area contributed by atoms with E-state index in [1.54, 1.807) is 0 Å². The third-order valence-corrected chi connectivity index (χ3v) is 14.3. The molecule has 0 saturated heterocycles. The molecule has 4 heterocycles. The van der Waals surface area contributed by atoms with Crippen molar-refractivity contribution in [3.05, 3.63) is 239 Å². The van der Waals surface area contributed by atoms with E-state index < -0.39 is 0 Å². The molecular weight excluding hydrogens is 789 g/mol. The number of benzene rings is 8. The van der Waals surface area contributed by atoms with Gasteiger partial charge in [0.05, 0.1) is 33.6 Å². The molecule has 1 aromatic heterocycles. The number of allylic oxidation sites excluding steroid dienone is 1. The zero-order chi connectivity index (χ0) is 44.0. The van der Waals surface area contributed by atoms with Crippen LogP contribution < -0.4 is 25.3 Å². The standard InChI is InChI=1S/C61H50N4/c1-41-38-59-46(48-40-45(33-35-54(48)63(59)43-22-10-7-11-23-43)65-57-30-18-14-26-51(57)61(4,5)52-27-15-19-31-58(52)65)36-37-62(42-20-8-6-9-21-42)53-34-32-44(39-47(41)53)64-55-28-16-12-24-49(55)60(2,3)50-25-13-17-29-56(50)64/h6-36,38-40H,1,37H2,2-5H3. The molecule has 0 bridgehead atoms. The van der Waals surface area contributed by atoms with Crippen LogP contribution in [0.25, 0.3) is 34.3 Å². The van der Waals surface area contributed by atoms with Gasteiger partial charge in [-0.05, 0) is 119 Å². The molecular formula is C61H50N4. The summed E-state index contributed by atoms with van der Waals surface area (Å²) >= 11 is 0. The van der Waals surface area contributed by atoms with Gasteiger partial charge < -0.3 is 19.3 Å². The van der Waals surface area contributed by atoms with Gasteiger partial charge in [0.1, 0.15) is 0 Å². The normalized spacial score (nSPS) is 15.4. The maximum absolute atomic E-state index is 4.95. The number of hydrogen-bond acceptors (Lipinski definition) is 3.